The van der Waals surface area contributed by atoms with Crippen molar-refractivity contribution in [2.75, 3.05) is 0 Å². The minimum Gasteiger partial charge on any atom is -0.309 e. The van der Waals surface area contributed by atoms with Gasteiger partial charge in [-0.05, 0) is 104 Å². The molecule has 0 aliphatic rings. The van der Waals surface area contributed by atoms with Crippen LogP contribution in [0.4, 0.5) is 0 Å². The lowest BCUT2D eigenvalue weighted by molar-refractivity contribution is 1.16. The molecule has 3 heterocycles. The maximum Gasteiger partial charge on any atom is 0.160 e. The fraction of sp³-hybridized carbons (Fsp3) is 0. The van der Waals surface area contributed by atoms with Crippen LogP contribution < -0.4 is 0 Å². The molecule has 0 spiro atoms. The molecular formula is C68H43N3S. The van der Waals surface area contributed by atoms with Crippen molar-refractivity contribution in [3.05, 3.63) is 261 Å². The van der Waals surface area contributed by atoms with Crippen LogP contribution in [0.25, 0.3) is 137 Å². The molecule has 0 atom stereocenters. The van der Waals surface area contributed by atoms with Crippen LogP contribution in [-0.2, 0) is 0 Å². The summed E-state index contributed by atoms with van der Waals surface area (Å²) in [5, 5.41) is 7.57. The Balaban J connectivity index is 0.842. The molecule has 4 heteroatoms. The molecule has 0 fully saturated rings. The van der Waals surface area contributed by atoms with E-state index in [1.54, 1.807) is 0 Å². The Kier molecular flexibility index (Phi) is 10.0. The van der Waals surface area contributed by atoms with Crippen LogP contribution in [0.5, 0.6) is 0 Å². The summed E-state index contributed by atoms with van der Waals surface area (Å²) in [5.74, 6) is 0.680. The number of thiophene rings is 1. The van der Waals surface area contributed by atoms with E-state index in [2.05, 4.69) is 265 Å². The molecule has 336 valence electrons. The minimum absolute atomic E-state index is 0.680. The van der Waals surface area contributed by atoms with Gasteiger partial charge in [-0.25, -0.2) is 9.97 Å². The lowest BCUT2D eigenvalue weighted by Gasteiger charge is -2.13. The SMILES string of the molecule is c1ccc(-c2ccc(-c3cc(-c4ccc(-c5ccccc5)cc4)nc(-c4ccc(-n5c6ccccc6c6cc(-c7cccc8c(-c9cccc%10c9sc9ccccc9%10)cccc78)ccc65)cc4)n3)cc2)cc1. The van der Waals surface area contributed by atoms with Gasteiger partial charge in [0.1, 0.15) is 0 Å². The van der Waals surface area contributed by atoms with Gasteiger partial charge in [0.2, 0.25) is 0 Å². The van der Waals surface area contributed by atoms with Crippen molar-refractivity contribution < 1.29 is 0 Å². The Morgan fingerprint density at radius 3 is 1.42 bits per heavy atom. The van der Waals surface area contributed by atoms with E-state index >= 15 is 0 Å². The van der Waals surface area contributed by atoms with Gasteiger partial charge >= 0.3 is 0 Å². The molecule has 0 radical (unpaired) electrons. The second-order valence-electron chi connectivity index (χ2n) is 18.5. The quantitative estimate of drug-likeness (QED) is 0.152. The number of nitrogens with zero attached hydrogens (tertiary/aromatic N) is 3. The third-order valence-electron chi connectivity index (χ3n) is 14.3. The molecule has 3 nitrogen and oxygen atoms in total. The van der Waals surface area contributed by atoms with Crippen LogP contribution in [0.2, 0.25) is 0 Å². The molecule has 11 aromatic carbocycles. The summed E-state index contributed by atoms with van der Waals surface area (Å²) in [7, 11) is 0. The summed E-state index contributed by atoms with van der Waals surface area (Å²) in [6.07, 6.45) is 0. The number of hydrogen-bond acceptors (Lipinski definition) is 3. The number of rotatable bonds is 8. The highest BCUT2D eigenvalue weighted by Gasteiger charge is 2.18. The molecule has 0 N–H and O–H groups in total. The van der Waals surface area contributed by atoms with E-state index < -0.39 is 0 Å². The Hall–Kier alpha value is -9.22. The van der Waals surface area contributed by atoms with E-state index in [1.165, 1.54) is 86.2 Å². The average molecular weight is 934 g/mol. The molecular weight excluding hydrogens is 891 g/mol. The smallest absolute Gasteiger partial charge is 0.160 e. The normalized spacial score (nSPS) is 11.6. The van der Waals surface area contributed by atoms with Gasteiger partial charge < -0.3 is 4.57 Å². The van der Waals surface area contributed by atoms with E-state index in [1.807, 2.05) is 11.3 Å². The summed E-state index contributed by atoms with van der Waals surface area (Å²) in [6.45, 7) is 0. The number of aromatic nitrogens is 3. The predicted octanol–water partition coefficient (Wildman–Crippen LogP) is 18.8. The first kappa shape index (κ1) is 41.7. The topological polar surface area (TPSA) is 30.7 Å². The molecule has 14 aromatic rings. The third kappa shape index (κ3) is 7.19. The van der Waals surface area contributed by atoms with Crippen LogP contribution in [-0.4, -0.2) is 14.5 Å². The standard InChI is InChI=1S/C68H43N3S/c1-3-14-44(15-4-1)46-28-32-48(33-29-46)62-43-63(49-34-30-47(31-35-49)45-16-5-2-6-17-45)70-68(69-62)50-36-39-52(40-37-50)71-64-26-9-7-18-57(64)61-42-51(38-41-65(61)71)53-20-11-22-55-54(53)21-12-23-56(55)59-24-13-25-60-58-19-8-10-27-66(58)72-67(59)60/h1-43H. The molecule has 0 unspecified atom stereocenters. The Morgan fingerprint density at radius 1 is 0.278 bits per heavy atom. The minimum atomic E-state index is 0.680. The highest BCUT2D eigenvalue weighted by Crippen LogP contribution is 2.44. The van der Waals surface area contributed by atoms with Crippen molar-refractivity contribution in [3.8, 4) is 84.1 Å². The predicted molar refractivity (Wildman–Crippen MR) is 305 cm³/mol. The highest BCUT2D eigenvalue weighted by molar-refractivity contribution is 7.26. The van der Waals surface area contributed by atoms with Crippen molar-refractivity contribution in [2.45, 2.75) is 0 Å². The van der Waals surface area contributed by atoms with E-state index in [4.69, 9.17) is 9.97 Å². The van der Waals surface area contributed by atoms with Gasteiger partial charge in [0.25, 0.3) is 0 Å². The van der Waals surface area contributed by atoms with Gasteiger partial charge in [-0.2, -0.15) is 0 Å². The van der Waals surface area contributed by atoms with Crippen molar-refractivity contribution in [3.63, 3.8) is 0 Å². The number of benzene rings is 11. The second-order valence-corrected chi connectivity index (χ2v) is 19.5. The highest BCUT2D eigenvalue weighted by atomic mass is 32.1. The summed E-state index contributed by atoms with van der Waals surface area (Å²) in [5.41, 5.74) is 17.8. The van der Waals surface area contributed by atoms with Gasteiger partial charge in [0, 0.05) is 58.9 Å². The molecule has 3 aromatic heterocycles. The fourth-order valence-corrected chi connectivity index (χ4v) is 12.0. The average Bonchev–Trinajstić information content (AvgIpc) is 4.01. The van der Waals surface area contributed by atoms with Gasteiger partial charge in [0.15, 0.2) is 5.82 Å². The van der Waals surface area contributed by atoms with Crippen molar-refractivity contribution >= 4 is 64.1 Å². The van der Waals surface area contributed by atoms with Gasteiger partial charge in [-0.3, -0.25) is 0 Å². The first-order valence-corrected chi connectivity index (χ1v) is 25.3. The number of hydrogen-bond donors (Lipinski definition) is 0. The molecule has 0 saturated heterocycles. The van der Waals surface area contributed by atoms with Gasteiger partial charge in [-0.15, -0.1) is 11.3 Å². The Bertz CT molecular complexity index is 4240. The van der Waals surface area contributed by atoms with Crippen molar-refractivity contribution in [1.82, 2.24) is 14.5 Å². The largest absolute Gasteiger partial charge is 0.309 e. The molecule has 72 heavy (non-hydrogen) atoms. The zero-order valence-corrected chi connectivity index (χ0v) is 39.9. The van der Waals surface area contributed by atoms with E-state index in [0.29, 0.717) is 5.82 Å². The molecule has 14 rings (SSSR count). The van der Waals surface area contributed by atoms with Gasteiger partial charge in [-0.1, -0.05) is 206 Å². The lowest BCUT2D eigenvalue weighted by atomic mass is 9.92. The number of para-hydroxylation sites is 1. The van der Waals surface area contributed by atoms with Crippen LogP contribution in [0, 0.1) is 0 Å². The summed E-state index contributed by atoms with van der Waals surface area (Å²) in [6, 6.07) is 94.0. The van der Waals surface area contributed by atoms with E-state index in [9.17, 15) is 0 Å². The molecule has 0 bridgehead atoms. The van der Waals surface area contributed by atoms with Crippen LogP contribution >= 0.6 is 11.3 Å². The summed E-state index contributed by atoms with van der Waals surface area (Å²) < 4.78 is 5.04. The first-order chi connectivity index (χ1) is 35.7. The van der Waals surface area contributed by atoms with Crippen molar-refractivity contribution in [2.24, 2.45) is 0 Å². The Labute approximate surface area is 421 Å². The van der Waals surface area contributed by atoms with Crippen LogP contribution in [0.15, 0.2) is 261 Å². The van der Waals surface area contributed by atoms with Crippen LogP contribution in [0.3, 0.4) is 0 Å². The fourth-order valence-electron chi connectivity index (χ4n) is 10.7. The number of fused-ring (bicyclic) bond motifs is 7. The maximum atomic E-state index is 5.25. The first-order valence-electron chi connectivity index (χ1n) is 24.5. The molecule has 0 saturated carbocycles. The third-order valence-corrected chi connectivity index (χ3v) is 15.5. The maximum absolute atomic E-state index is 5.25. The Morgan fingerprint density at radius 2 is 0.750 bits per heavy atom. The van der Waals surface area contributed by atoms with Gasteiger partial charge in [0.05, 0.1) is 22.4 Å². The van der Waals surface area contributed by atoms with E-state index in [-0.39, 0.29) is 0 Å². The summed E-state index contributed by atoms with van der Waals surface area (Å²) >= 11 is 1.88. The second kappa shape index (κ2) is 17.3. The lowest BCUT2D eigenvalue weighted by Crippen LogP contribution is -1.97. The summed E-state index contributed by atoms with van der Waals surface area (Å²) in [4.78, 5) is 10.5. The van der Waals surface area contributed by atoms with Crippen LogP contribution in [0.1, 0.15) is 0 Å². The molecule has 0 aliphatic carbocycles. The van der Waals surface area contributed by atoms with Crippen molar-refractivity contribution in [1.29, 1.82) is 0 Å². The monoisotopic (exact) mass is 933 g/mol. The van der Waals surface area contributed by atoms with E-state index in [0.717, 1.165) is 44.8 Å². The molecule has 0 aliphatic heterocycles. The zero-order chi connectivity index (χ0) is 47.5. The molecule has 0 amide bonds. The zero-order valence-electron chi connectivity index (χ0n) is 39.1.